The van der Waals surface area contributed by atoms with E-state index in [9.17, 15) is 18.0 Å². The molecule has 3 saturated carbocycles. The average Bonchev–Trinajstić information content (AvgIpc) is 3.46. The predicted octanol–water partition coefficient (Wildman–Crippen LogP) is 5.22. The molecule has 5 aliphatic rings. The first-order valence-corrected chi connectivity index (χ1v) is 13.5. The third kappa shape index (κ3) is 3.84. The highest BCUT2D eigenvalue weighted by Crippen LogP contribution is 2.58. The summed E-state index contributed by atoms with van der Waals surface area (Å²) in [6, 6.07) is 1.75. The lowest BCUT2D eigenvalue weighted by Crippen LogP contribution is -2.71. The van der Waals surface area contributed by atoms with E-state index in [0.717, 1.165) is 75.4 Å². The van der Waals surface area contributed by atoms with Crippen LogP contribution in [0, 0.1) is 23.7 Å². The number of carbonyl (C=O) groups excluding carboxylic acids is 1. The zero-order valence-electron chi connectivity index (χ0n) is 21.3. The molecule has 37 heavy (non-hydrogen) atoms. The highest BCUT2D eigenvalue weighted by Gasteiger charge is 2.59. The number of hydrogen-bond donors (Lipinski definition) is 1. The van der Waals surface area contributed by atoms with Crippen LogP contribution in [0.4, 0.5) is 18.0 Å². The van der Waals surface area contributed by atoms with Crippen molar-refractivity contribution in [1.82, 2.24) is 30.0 Å². The van der Waals surface area contributed by atoms with Crippen LogP contribution < -0.4 is 0 Å². The summed E-state index contributed by atoms with van der Waals surface area (Å²) in [6.07, 6.45) is 3.19. The zero-order chi connectivity index (χ0) is 25.7. The second kappa shape index (κ2) is 7.69. The van der Waals surface area contributed by atoms with E-state index in [-0.39, 0.29) is 28.3 Å². The van der Waals surface area contributed by atoms with Gasteiger partial charge in [0.2, 0.25) is 0 Å². The van der Waals surface area contributed by atoms with Gasteiger partial charge in [0.15, 0.2) is 5.82 Å². The van der Waals surface area contributed by atoms with Gasteiger partial charge in [-0.05, 0) is 63.0 Å². The second-order valence-corrected chi connectivity index (χ2v) is 12.8. The van der Waals surface area contributed by atoms with Crippen molar-refractivity contribution in [1.29, 1.82) is 0 Å². The molecule has 2 saturated heterocycles. The Bertz CT molecular complexity index is 1230. The van der Waals surface area contributed by atoms with E-state index < -0.39 is 11.7 Å². The molecule has 7 rings (SSSR count). The molecule has 1 unspecified atom stereocenters. The normalized spacial score (nSPS) is 25.4. The monoisotopic (exact) mass is 514 g/mol. The summed E-state index contributed by atoms with van der Waals surface area (Å²) in [5.74, 6) is 3.53. The molecule has 1 atom stereocenters. The first-order valence-electron chi connectivity index (χ1n) is 13.5. The van der Waals surface area contributed by atoms with Crippen LogP contribution in [-0.4, -0.2) is 62.2 Å². The number of pyridine rings is 1. The molecule has 1 N–H and O–H groups in total. The molecule has 2 aromatic rings. The van der Waals surface area contributed by atoms with Gasteiger partial charge in [0.25, 0.3) is 0 Å². The molecule has 198 valence electrons. The lowest BCUT2D eigenvalue weighted by Gasteiger charge is -2.63. The zero-order valence-corrected chi connectivity index (χ0v) is 21.3. The summed E-state index contributed by atoms with van der Waals surface area (Å²) in [6.45, 7) is 6.83. The van der Waals surface area contributed by atoms with Gasteiger partial charge in [0, 0.05) is 66.7 Å². The SMILES string of the molecule is Cc1cc(C(C)C2CC3(C2)CN(C(=O)N2CC4(CC(c5nc(C6CC6)n[nH]5)C4)C2)C3)ncc1C(F)(F)F. The number of hydrogen-bond acceptors (Lipinski definition) is 4. The molecule has 2 aliphatic heterocycles. The van der Waals surface area contributed by atoms with E-state index in [1.54, 1.807) is 6.07 Å². The van der Waals surface area contributed by atoms with Gasteiger partial charge in [-0.15, -0.1) is 0 Å². The molecule has 2 aromatic heterocycles. The first-order chi connectivity index (χ1) is 17.5. The first kappa shape index (κ1) is 23.5. The Morgan fingerprint density at radius 3 is 2.24 bits per heavy atom. The van der Waals surface area contributed by atoms with Crippen molar-refractivity contribution >= 4 is 6.03 Å². The Morgan fingerprint density at radius 1 is 1.05 bits per heavy atom. The highest BCUT2D eigenvalue weighted by atomic mass is 19.4. The van der Waals surface area contributed by atoms with Crippen molar-refractivity contribution in [2.24, 2.45) is 16.7 Å². The minimum Gasteiger partial charge on any atom is -0.323 e. The molecule has 10 heteroatoms. The van der Waals surface area contributed by atoms with Crippen LogP contribution in [0.15, 0.2) is 12.3 Å². The van der Waals surface area contributed by atoms with Crippen LogP contribution in [-0.2, 0) is 6.18 Å². The van der Waals surface area contributed by atoms with Crippen LogP contribution in [0.3, 0.4) is 0 Å². The number of likely N-dealkylation sites (tertiary alicyclic amines) is 2. The summed E-state index contributed by atoms with van der Waals surface area (Å²) >= 11 is 0. The van der Waals surface area contributed by atoms with E-state index in [1.165, 1.54) is 19.8 Å². The molecule has 4 heterocycles. The van der Waals surface area contributed by atoms with Crippen molar-refractivity contribution in [3.05, 3.63) is 40.7 Å². The molecular weight excluding hydrogens is 481 g/mol. The van der Waals surface area contributed by atoms with Crippen LogP contribution in [0.2, 0.25) is 0 Å². The third-order valence-corrected chi connectivity index (χ3v) is 9.86. The third-order valence-electron chi connectivity index (χ3n) is 9.86. The van der Waals surface area contributed by atoms with Crippen molar-refractivity contribution < 1.29 is 18.0 Å². The number of amides is 2. The molecule has 2 amide bonds. The number of aromatic amines is 1. The molecule has 2 spiro atoms. The Balaban J connectivity index is 0.866. The Morgan fingerprint density at radius 2 is 1.68 bits per heavy atom. The number of alkyl halides is 3. The number of aryl methyl sites for hydroxylation is 1. The van der Waals surface area contributed by atoms with E-state index in [0.29, 0.717) is 17.8 Å². The van der Waals surface area contributed by atoms with Gasteiger partial charge in [-0.1, -0.05) is 6.92 Å². The number of H-pyrrole nitrogens is 1. The number of nitrogens with zero attached hydrogens (tertiary/aromatic N) is 5. The van der Waals surface area contributed by atoms with E-state index in [1.807, 2.05) is 9.80 Å². The molecule has 7 nitrogen and oxygen atoms in total. The fraction of sp³-hybridized carbons (Fsp3) is 0.704. The predicted molar refractivity (Wildman–Crippen MR) is 129 cm³/mol. The Labute approximate surface area is 214 Å². The molecule has 5 fully saturated rings. The van der Waals surface area contributed by atoms with Gasteiger partial charge in [-0.3, -0.25) is 10.1 Å². The summed E-state index contributed by atoms with van der Waals surface area (Å²) in [7, 11) is 0. The van der Waals surface area contributed by atoms with Crippen molar-refractivity contribution in [2.75, 3.05) is 26.2 Å². The van der Waals surface area contributed by atoms with Crippen molar-refractivity contribution in [3.8, 4) is 0 Å². The second-order valence-electron chi connectivity index (χ2n) is 12.8. The fourth-order valence-corrected chi connectivity index (χ4v) is 7.46. The maximum Gasteiger partial charge on any atom is 0.418 e. The number of nitrogens with one attached hydrogen (secondary N) is 1. The quantitative estimate of drug-likeness (QED) is 0.607. The molecule has 0 radical (unpaired) electrons. The number of urea groups is 1. The topological polar surface area (TPSA) is 78.0 Å². The van der Waals surface area contributed by atoms with Crippen molar-refractivity contribution in [3.63, 3.8) is 0 Å². The van der Waals surface area contributed by atoms with Crippen molar-refractivity contribution in [2.45, 2.75) is 76.3 Å². The number of halogens is 3. The van der Waals surface area contributed by atoms with Gasteiger partial charge in [-0.2, -0.15) is 18.3 Å². The minimum atomic E-state index is -4.37. The molecule has 0 aromatic carbocycles. The van der Waals surface area contributed by atoms with Gasteiger partial charge >= 0.3 is 12.2 Å². The number of carbonyl (C=O) groups is 1. The summed E-state index contributed by atoms with van der Waals surface area (Å²) < 4.78 is 39.2. The number of aromatic nitrogens is 4. The van der Waals surface area contributed by atoms with Gasteiger partial charge in [0.05, 0.1) is 5.56 Å². The summed E-state index contributed by atoms with van der Waals surface area (Å²) in [4.78, 5) is 25.8. The van der Waals surface area contributed by atoms with Crippen LogP contribution in [0.1, 0.15) is 91.7 Å². The smallest absolute Gasteiger partial charge is 0.323 e. The summed E-state index contributed by atoms with van der Waals surface area (Å²) in [5, 5.41) is 7.52. The maximum absolute atomic E-state index is 13.1. The van der Waals surface area contributed by atoms with Gasteiger partial charge in [-0.25, -0.2) is 9.78 Å². The maximum atomic E-state index is 13.1. The Hall–Kier alpha value is -2.65. The van der Waals surface area contributed by atoms with E-state index in [4.69, 9.17) is 4.98 Å². The molecule has 0 bridgehead atoms. The minimum absolute atomic E-state index is 0.114. The molecule has 3 aliphatic carbocycles. The summed E-state index contributed by atoms with van der Waals surface area (Å²) in [5.41, 5.74) is 0.751. The number of rotatable bonds is 4. The Kier molecular flexibility index (Phi) is 4.88. The van der Waals surface area contributed by atoms with Crippen LogP contribution in [0.25, 0.3) is 0 Å². The standard InChI is InChI=1S/C27H33F3N6O/c1-15-5-21(31-10-20(15)27(28,29)30)16(2)18-6-25(7-18)11-35(12-25)24(37)36-13-26(14-36)8-19(9-26)23-32-22(33-34-23)17-3-4-17/h5,10,16-19H,3-4,6-9,11-14H2,1-2H3,(H,32,33,34). The lowest BCUT2D eigenvalue weighted by atomic mass is 9.54. The lowest BCUT2D eigenvalue weighted by molar-refractivity contribution is -0.138. The largest absolute Gasteiger partial charge is 0.418 e. The average molecular weight is 515 g/mol. The fourth-order valence-electron chi connectivity index (χ4n) is 7.46. The van der Waals surface area contributed by atoms with Gasteiger partial charge < -0.3 is 9.80 Å². The van der Waals surface area contributed by atoms with E-state index >= 15 is 0 Å². The molecular formula is C27H33F3N6O. The highest BCUT2D eigenvalue weighted by molar-refractivity contribution is 5.77. The van der Waals surface area contributed by atoms with Crippen LogP contribution in [0.5, 0.6) is 0 Å². The van der Waals surface area contributed by atoms with Gasteiger partial charge in [0.1, 0.15) is 5.82 Å². The van der Waals surface area contributed by atoms with E-state index in [2.05, 4.69) is 22.1 Å². The van der Waals surface area contributed by atoms with Crippen LogP contribution >= 0.6 is 0 Å².